The Labute approximate surface area is 334 Å². The third-order valence-electron chi connectivity index (χ3n) is 11.7. The van der Waals surface area contributed by atoms with Gasteiger partial charge in [0, 0.05) is 6.42 Å². The molecule has 3 aromatic rings. The largest absolute Gasteiger partial charge is 0.447 e. The zero-order chi connectivity index (χ0) is 37.7. The number of nitrogens with zero attached hydrogens (tertiary/aromatic N) is 2. The van der Waals surface area contributed by atoms with Crippen LogP contribution in [0.4, 0.5) is 9.59 Å². The molecule has 2 aliphatic carbocycles. The van der Waals surface area contributed by atoms with Crippen molar-refractivity contribution < 1.29 is 33.8 Å². The molecule has 4 aliphatic rings. The summed E-state index contributed by atoms with van der Waals surface area (Å²) in [6.07, 6.45) is 12.1. The molecule has 7 rings (SSSR count). The fraction of sp³-hybridized carbons (Fsp3) is 0.532. The predicted octanol–water partition coefficient (Wildman–Crippen LogP) is 9.59. The van der Waals surface area contributed by atoms with Gasteiger partial charge in [-0.25, -0.2) is 19.4 Å². The van der Waals surface area contributed by atoms with E-state index < -0.39 is 24.2 Å². The first kappa shape index (κ1) is 44.2. The lowest BCUT2D eigenvalue weighted by atomic mass is 9.85. The van der Waals surface area contributed by atoms with Crippen LogP contribution in [0.1, 0.15) is 109 Å². The van der Waals surface area contributed by atoms with Gasteiger partial charge >= 0.3 is 12.2 Å². The zero-order valence-electron chi connectivity index (χ0n) is 31.4. The Morgan fingerprint density at radius 3 is 1.61 bits per heavy atom. The average Bonchev–Trinajstić information content (AvgIpc) is 4.03. The van der Waals surface area contributed by atoms with Crippen molar-refractivity contribution in [3.8, 4) is 0 Å². The van der Waals surface area contributed by atoms with Crippen molar-refractivity contribution in [2.45, 2.75) is 129 Å². The smallest absolute Gasteiger partial charge is 0.416 e. The fourth-order valence-corrected chi connectivity index (χ4v) is 8.68. The molecule has 0 spiro atoms. The van der Waals surface area contributed by atoms with Crippen molar-refractivity contribution in [3.63, 3.8) is 0 Å². The van der Waals surface area contributed by atoms with Crippen LogP contribution in [0.25, 0.3) is 0 Å². The molecule has 9 nitrogen and oxygen atoms in total. The number of rotatable bonds is 14. The second-order valence-electron chi connectivity index (χ2n) is 15.6. The second kappa shape index (κ2) is 22.3. The van der Waals surface area contributed by atoms with Crippen molar-refractivity contribution in [3.05, 3.63) is 108 Å². The van der Waals surface area contributed by atoms with Crippen LogP contribution in [0, 0.1) is 17.8 Å². The van der Waals surface area contributed by atoms with Crippen LogP contribution in [-0.2, 0) is 38.3 Å². The molecule has 0 aromatic heterocycles. The summed E-state index contributed by atoms with van der Waals surface area (Å²) in [5.41, 5.74) is 3.33. The van der Waals surface area contributed by atoms with Crippen LogP contribution >= 0.6 is 0 Å². The minimum absolute atomic E-state index is 0. The SMILES string of the molecule is C.C.O=C(CCC1CCCC1)N1C(=O)OC[C@H]1Cc1ccccc1.O=C1OC[C@@H](Cc2ccccc2)N1C(=O)[C@H](CC1CCCC1)[C@@H](O)CCc1ccccc1. The number of aliphatic hydroxyl groups excluding tert-OH is 1. The lowest BCUT2D eigenvalue weighted by molar-refractivity contribution is -0.138. The molecule has 2 aliphatic heterocycles. The van der Waals surface area contributed by atoms with E-state index in [-0.39, 0.29) is 45.4 Å². The summed E-state index contributed by atoms with van der Waals surface area (Å²) in [6, 6.07) is 29.3. The monoisotopic (exact) mass is 768 g/mol. The molecule has 2 saturated heterocycles. The molecule has 0 radical (unpaired) electrons. The Hall–Kier alpha value is -4.50. The number of aryl methyl sites for hydroxylation is 1. The lowest BCUT2D eigenvalue weighted by Crippen LogP contribution is -2.47. The van der Waals surface area contributed by atoms with Crippen LogP contribution in [0.2, 0.25) is 0 Å². The zero-order valence-corrected chi connectivity index (χ0v) is 31.4. The Balaban J connectivity index is 0.000000255. The molecule has 2 saturated carbocycles. The normalized spacial score (nSPS) is 20.6. The van der Waals surface area contributed by atoms with Gasteiger partial charge in [0.2, 0.25) is 11.8 Å². The number of carbonyl (C=O) groups is 4. The molecule has 2 heterocycles. The summed E-state index contributed by atoms with van der Waals surface area (Å²) >= 11 is 0. The molecule has 1 N–H and O–H groups in total. The van der Waals surface area contributed by atoms with Gasteiger partial charge in [-0.3, -0.25) is 9.59 Å². The van der Waals surface area contributed by atoms with E-state index in [1.165, 1.54) is 48.3 Å². The third-order valence-corrected chi connectivity index (χ3v) is 11.7. The van der Waals surface area contributed by atoms with Crippen LogP contribution < -0.4 is 0 Å². The molecule has 4 fully saturated rings. The van der Waals surface area contributed by atoms with E-state index >= 15 is 0 Å². The maximum atomic E-state index is 13.7. The molecule has 3 aromatic carbocycles. The standard InChI is InChI=1S/C27H33NO4.C18H23NO3.2CH4/c29-25(16-15-20-9-3-1-4-10-20)24(18-22-13-7-8-14-22)26(30)28-23(19-32-27(28)31)17-21-11-5-2-6-12-21;20-17(11-10-14-6-4-5-7-14)19-16(13-22-18(19)21)12-15-8-2-1-3-9-15;;/h1-6,9-12,22-25,29H,7-8,13-19H2;1-3,8-9,14,16H,4-7,10-13H2;2*1H4/t23-,24-,25+;16-;;/m11../s1. The third kappa shape index (κ3) is 12.2. The van der Waals surface area contributed by atoms with E-state index in [1.54, 1.807) is 0 Å². The maximum Gasteiger partial charge on any atom is 0.416 e. The molecule has 304 valence electrons. The maximum absolute atomic E-state index is 13.7. The van der Waals surface area contributed by atoms with E-state index in [1.807, 2.05) is 91.0 Å². The van der Waals surface area contributed by atoms with Crippen LogP contribution in [0.3, 0.4) is 0 Å². The van der Waals surface area contributed by atoms with E-state index in [9.17, 15) is 24.3 Å². The second-order valence-corrected chi connectivity index (χ2v) is 15.6. The number of benzene rings is 3. The highest BCUT2D eigenvalue weighted by atomic mass is 16.6. The number of aliphatic hydroxyl groups is 1. The molecule has 4 amide bonds. The van der Waals surface area contributed by atoms with Crippen LogP contribution in [0.15, 0.2) is 91.0 Å². The summed E-state index contributed by atoms with van der Waals surface area (Å²) in [6.45, 7) is 0.513. The lowest BCUT2D eigenvalue weighted by Gasteiger charge is -2.29. The van der Waals surface area contributed by atoms with Gasteiger partial charge < -0.3 is 14.6 Å². The fourth-order valence-electron chi connectivity index (χ4n) is 8.68. The highest BCUT2D eigenvalue weighted by Gasteiger charge is 2.43. The number of cyclic esters (lactones) is 2. The van der Waals surface area contributed by atoms with Gasteiger partial charge in [0.25, 0.3) is 0 Å². The van der Waals surface area contributed by atoms with Gasteiger partial charge in [0.15, 0.2) is 0 Å². The Bertz CT molecular complexity index is 1640. The van der Waals surface area contributed by atoms with Gasteiger partial charge in [-0.15, -0.1) is 0 Å². The van der Waals surface area contributed by atoms with Gasteiger partial charge in [-0.05, 0) is 67.1 Å². The average molecular weight is 769 g/mol. The first-order valence-corrected chi connectivity index (χ1v) is 20.1. The molecule has 9 heteroatoms. The molecule has 4 atom stereocenters. The van der Waals surface area contributed by atoms with Crippen molar-refractivity contribution in [1.82, 2.24) is 9.80 Å². The summed E-state index contributed by atoms with van der Waals surface area (Å²) < 4.78 is 10.4. The van der Waals surface area contributed by atoms with E-state index in [0.717, 1.165) is 36.0 Å². The first-order valence-electron chi connectivity index (χ1n) is 20.1. The Morgan fingerprint density at radius 1 is 0.643 bits per heavy atom. The Morgan fingerprint density at radius 2 is 1.09 bits per heavy atom. The molecule has 0 unspecified atom stereocenters. The van der Waals surface area contributed by atoms with Crippen molar-refractivity contribution in [2.24, 2.45) is 17.8 Å². The van der Waals surface area contributed by atoms with Gasteiger partial charge in [0.05, 0.1) is 24.1 Å². The number of amides is 4. The molecule has 0 bridgehead atoms. The summed E-state index contributed by atoms with van der Waals surface area (Å²) in [5, 5.41) is 11.1. The van der Waals surface area contributed by atoms with Crippen LogP contribution in [0.5, 0.6) is 0 Å². The summed E-state index contributed by atoms with van der Waals surface area (Å²) in [7, 11) is 0. The number of hydrogen-bond donors (Lipinski definition) is 1. The quantitative estimate of drug-likeness (QED) is 0.174. The first-order chi connectivity index (χ1) is 26.4. The van der Waals surface area contributed by atoms with Crippen LogP contribution in [-0.4, -0.2) is 70.3 Å². The highest BCUT2D eigenvalue weighted by molar-refractivity contribution is 5.95. The van der Waals surface area contributed by atoms with Crippen molar-refractivity contribution in [1.29, 1.82) is 0 Å². The van der Waals surface area contributed by atoms with Crippen molar-refractivity contribution in [2.75, 3.05) is 13.2 Å². The number of carbonyl (C=O) groups excluding carboxylic acids is 4. The highest BCUT2D eigenvalue weighted by Crippen LogP contribution is 2.34. The van der Waals surface area contributed by atoms with Crippen molar-refractivity contribution >= 4 is 24.0 Å². The van der Waals surface area contributed by atoms with E-state index in [2.05, 4.69) is 0 Å². The number of hydrogen-bond acceptors (Lipinski definition) is 7. The number of ether oxygens (including phenoxy) is 2. The topological polar surface area (TPSA) is 113 Å². The number of imide groups is 2. The minimum atomic E-state index is -0.783. The summed E-state index contributed by atoms with van der Waals surface area (Å²) in [5.74, 6) is 0.165. The van der Waals surface area contributed by atoms with E-state index in [0.29, 0.717) is 57.0 Å². The molecule has 56 heavy (non-hydrogen) atoms. The molecular formula is C47H64N2O7. The summed E-state index contributed by atoms with van der Waals surface area (Å²) in [4.78, 5) is 53.2. The van der Waals surface area contributed by atoms with Gasteiger partial charge in [-0.2, -0.15) is 0 Å². The predicted molar refractivity (Wildman–Crippen MR) is 220 cm³/mol. The van der Waals surface area contributed by atoms with E-state index in [4.69, 9.17) is 9.47 Å². The molecular weight excluding hydrogens is 705 g/mol. The van der Waals surface area contributed by atoms with Gasteiger partial charge in [-0.1, -0.05) is 157 Å². The minimum Gasteiger partial charge on any atom is -0.447 e. The Kier molecular flexibility index (Phi) is 17.6. The van der Waals surface area contributed by atoms with Gasteiger partial charge in [0.1, 0.15) is 13.2 Å².